The molecular weight excluding hydrogens is 369 g/mol. The van der Waals surface area contributed by atoms with E-state index in [1.54, 1.807) is 0 Å². The van der Waals surface area contributed by atoms with Gasteiger partial charge in [-0.25, -0.2) is 18.0 Å². The number of nitrogens with one attached hydrogen (secondary N) is 1. The van der Waals surface area contributed by atoms with Crippen LogP contribution in [0.2, 0.25) is 0 Å². The molecule has 0 spiro atoms. The van der Waals surface area contributed by atoms with Crippen LogP contribution in [-0.4, -0.2) is 23.5 Å². The first kappa shape index (κ1) is 21.9. The Bertz CT molecular complexity index is 800. The molecule has 0 fully saturated rings. The van der Waals surface area contributed by atoms with Gasteiger partial charge in [-0.15, -0.1) is 0 Å². The van der Waals surface area contributed by atoms with Gasteiger partial charge < -0.3 is 4.55 Å². The van der Waals surface area contributed by atoms with Crippen molar-refractivity contribution in [1.29, 1.82) is 0 Å². The standard InChI is InChI=1S/C16H20N2.CHF3O3S/c1-3-5-11-18-13-15(4-2)17-16(18)12-14-9-7-6-8-10-14;2-1(3,4)8(5,6)7/h4,6-10,13H,2-3,5,11-12H2,1H3;(H,5,6,7). The van der Waals surface area contributed by atoms with E-state index in [0.29, 0.717) is 0 Å². The van der Waals surface area contributed by atoms with Crippen LogP contribution in [0.15, 0.2) is 43.1 Å². The average molecular weight is 390 g/mol. The third-order valence-corrected chi connectivity index (χ3v) is 3.97. The molecule has 1 aromatic carbocycles. The van der Waals surface area contributed by atoms with Gasteiger partial charge in [0.05, 0.1) is 13.0 Å². The SMILES string of the molecule is C=Cc1c[n+](CCCC)c(Cc2ccccc2)[nH]1.O=S(=O)([O-])C(F)(F)F. The molecule has 0 aliphatic carbocycles. The Hall–Kier alpha value is -2.13. The lowest BCUT2D eigenvalue weighted by molar-refractivity contribution is -0.702. The smallest absolute Gasteiger partial charge is 0.485 e. The predicted octanol–water partition coefficient (Wildman–Crippen LogP) is 3.39. The van der Waals surface area contributed by atoms with Crippen LogP contribution in [0, 0.1) is 0 Å². The topological polar surface area (TPSA) is 76.9 Å². The van der Waals surface area contributed by atoms with E-state index >= 15 is 0 Å². The van der Waals surface area contributed by atoms with Crippen molar-refractivity contribution in [1.82, 2.24) is 4.98 Å². The Balaban J connectivity index is 0.000000359. The van der Waals surface area contributed by atoms with E-state index in [4.69, 9.17) is 13.0 Å². The molecule has 1 N–H and O–H groups in total. The van der Waals surface area contributed by atoms with E-state index < -0.39 is 15.6 Å². The van der Waals surface area contributed by atoms with Gasteiger partial charge >= 0.3 is 5.51 Å². The monoisotopic (exact) mass is 390 g/mol. The second-order valence-corrected chi connectivity index (χ2v) is 6.84. The largest absolute Gasteiger partial charge is 0.741 e. The van der Waals surface area contributed by atoms with Gasteiger partial charge in [0.25, 0.3) is 5.82 Å². The Kier molecular flexibility index (Phi) is 8.04. The zero-order chi connectivity index (χ0) is 19.8. The minimum atomic E-state index is -6.09. The fourth-order valence-electron chi connectivity index (χ4n) is 2.08. The first-order chi connectivity index (χ1) is 12.1. The molecule has 2 rings (SSSR count). The lowest BCUT2D eigenvalue weighted by Crippen LogP contribution is -2.36. The first-order valence-corrected chi connectivity index (χ1v) is 9.29. The number of rotatable bonds is 6. The minimum absolute atomic E-state index is 0.943. The average Bonchev–Trinajstić information content (AvgIpc) is 2.94. The maximum atomic E-state index is 10.7. The summed E-state index contributed by atoms with van der Waals surface area (Å²) in [5, 5.41) is 0. The number of aromatic nitrogens is 2. The van der Waals surface area contributed by atoms with Gasteiger partial charge in [0.1, 0.15) is 6.20 Å². The van der Waals surface area contributed by atoms with Crippen LogP contribution in [0.4, 0.5) is 13.2 Å². The normalized spacial score (nSPS) is 11.6. The summed E-state index contributed by atoms with van der Waals surface area (Å²) < 4.78 is 61.2. The number of H-pyrrole nitrogens is 1. The third kappa shape index (κ3) is 7.01. The third-order valence-electron chi connectivity index (χ3n) is 3.40. The van der Waals surface area contributed by atoms with Crippen LogP contribution in [0.3, 0.4) is 0 Å². The Morgan fingerprint density at radius 3 is 2.31 bits per heavy atom. The zero-order valence-electron chi connectivity index (χ0n) is 14.3. The lowest BCUT2D eigenvalue weighted by Gasteiger charge is -2.08. The molecule has 1 heterocycles. The number of unbranched alkanes of at least 4 members (excludes halogenated alkanes) is 1. The highest BCUT2D eigenvalue weighted by atomic mass is 32.2. The zero-order valence-corrected chi connectivity index (χ0v) is 15.1. The number of aromatic amines is 1. The highest BCUT2D eigenvalue weighted by Gasteiger charge is 2.36. The maximum Gasteiger partial charge on any atom is 0.485 e. The van der Waals surface area contributed by atoms with Crippen molar-refractivity contribution in [3.63, 3.8) is 0 Å². The summed E-state index contributed by atoms with van der Waals surface area (Å²) in [5.41, 5.74) is -3.22. The summed E-state index contributed by atoms with van der Waals surface area (Å²) in [6.07, 6.45) is 7.39. The van der Waals surface area contributed by atoms with Crippen LogP contribution in [-0.2, 0) is 23.1 Å². The number of halogens is 3. The van der Waals surface area contributed by atoms with Gasteiger partial charge in [0, 0.05) is 0 Å². The Labute approximate surface area is 150 Å². The molecule has 0 atom stereocenters. The molecule has 9 heteroatoms. The quantitative estimate of drug-likeness (QED) is 0.467. The number of imidazole rings is 1. The Morgan fingerprint density at radius 2 is 1.85 bits per heavy atom. The maximum absolute atomic E-state index is 10.7. The number of hydrogen-bond acceptors (Lipinski definition) is 3. The molecule has 1 aromatic heterocycles. The summed E-state index contributed by atoms with van der Waals surface area (Å²) in [4.78, 5) is 3.43. The van der Waals surface area contributed by atoms with Crippen LogP contribution in [0.5, 0.6) is 0 Å². The molecule has 0 aliphatic heterocycles. The lowest BCUT2D eigenvalue weighted by atomic mass is 10.1. The summed E-state index contributed by atoms with van der Waals surface area (Å²) in [5.74, 6) is 1.25. The van der Waals surface area contributed by atoms with E-state index in [-0.39, 0.29) is 0 Å². The number of hydrogen-bond donors (Lipinski definition) is 1. The fraction of sp³-hybridized carbons (Fsp3) is 0.353. The highest BCUT2D eigenvalue weighted by molar-refractivity contribution is 7.86. The molecule has 5 nitrogen and oxygen atoms in total. The number of nitrogens with zero attached hydrogens (tertiary/aromatic N) is 1. The van der Waals surface area contributed by atoms with Crippen molar-refractivity contribution in [2.24, 2.45) is 0 Å². The van der Waals surface area contributed by atoms with Gasteiger partial charge in [0.15, 0.2) is 15.8 Å². The minimum Gasteiger partial charge on any atom is -0.741 e. The van der Waals surface area contributed by atoms with E-state index in [0.717, 1.165) is 18.7 Å². The second-order valence-electron chi connectivity index (χ2n) is 5.47. The van der Waals surface area contributed by atoms with E-state index in [1.165, 1.54) is 24.2 Å². The molecule has 0 saturated heterocycles. The fourth-order valence-corrected chi connectivity index (χ4v) is 2.08. The summed E-state index contributed by atoms with van der Waals surface area (Å²) >= 11 is 0. The van der Waals surface area contributed by atoms with Crippen molar-refractivity contribution < 1.29 is 30.7 Å². The molecule has 144 valence electrons. The number of benzene rings is 1. The van der Waals surface area contributed by atoms with E-state index in [9.17, 15) is 13.2 Å². The van der Waals surface area contributed by atoms with Gasteiger partial charge in [-0.05, 0) is 18.1 Å². The predicted molar refractivity (Wildman–Crippen MR) is 91.0 cm³/mol. The van der Waals surface area contributed by atoms with Crippen molar-refractivity contribution in [3.8, 4) is 0 Å². The van der Waals surface area contributed by atoms with Crippen LogP contribution >= 0.6 is 0 Å². The summed E-state index contributed by atoms with van der Waals surface area (Å²) in [6.45, 7) is 7.12. The van der Waals surface area contributed by atoms with Crippen molar-refractivity contribution in [2.45, 2.75) is 38.2 Å². The molecule has 0 saturated carbocycles. The van der Waals surface area contributed by atoms with Gasteiger partial charge in [-0.3, -0.25) is 0 Å². The van der Waals surface area contributed by atoms with Crippen LogP contribution < -0.4 is 4.57 Å². The number of aryl methyl sites for hydroxylation is 1. The molecule has 0 amide bonds. The molecule has 0 unspecified atom stereocenters. The van der Waals surface area contributed by atoms with Crippen LogP contribution in [0.1, 0.15) is 36.8 Å². The van der Waals surface area contributed by atoms with Crippen molar-refractivity contribution in [3.05, 3.63) is 60.2 Å². The highest BCUT2D eigenvalue weighted by Crippen LogP contribution is 2.20. The number of alkyl halides is 3. The molecule has 0 bridgehead atoms. The van der Waals surface area contributed by atoms with Gasteiger partial charge in [-0.1, -0.05) is 50.3 Å². The summed E-state index contributed by atoms with van der Waals surface area (Å²) in [7, 11) is -6.09. The van der Waals surface area contributed by atoms with Crippen LogP contribution in [0.25, 0.3) is 6.08 Å². The molecule has 26 heavy (non-hydrogen) atoms. The second kappa shape index (κ2) is 9.54. The molecule has 2 aromatic rings. The van der Waals surface area contributed by atoms with E-state index in [1.807, 2.05) is 6.08 Å². The first-order valence-electron chi connectivity index (χ1n) is 7.88. The van der Waals surface area contributed by atoms with Crippen molar-refractivity contribution in [2.75, 3.05) is 0 Å². The Morgan fingerprint density at radius 1 is 1.27 bits per heavy atom. The van der Waals surface area contributed by atoms with Gasteiger partial charge in [-0.2, -0.15) is 13.2 Å². The summed E-state index contributed by atoms with van der Waals surface area (Å²) in [6, 6.07) is 10.6. The molecular formula is C17H21F3N2O3S. The van der Waals surface area contributed by atoms with E-state index in [2.05, 4.69) is 59.6 Å². The van der Waals surface area contributed by atoms with Gasteiger partial charge in [0.2, 0.25) is 0 Å². The molecule has 0 radical (unpaired) electrons. The van der Waals surface area contributed by atoms with Crippen molar-refractivity contribution >= 4 is 16.2 Å². The molecule has 0 aliphatic rings.